The monoisotopic (exact) mass is 343 g/mol. The number of hydrogen-bond donors (Lipinski definition) is 2. The van der Waals surface area contributed by atoms with Gasteiger partial charge in [-0.15, -0.1) is 0 Å². The quantitative estimate of drug-likeness (QED) is 0.811. The lowest BCUT2D eigenvalue weighted by Crippen LogP contribution is -2.36. The van der Waals surface area contributed by atoms with Crippen LogP contribution in [-0.4, -0.2) is 31.8 Å². The Balaban J connectivity index is 1.81. The third kappa shape index (κ3) is 5.38. The molecule has 0 aliphatic rings. The van der Waals surface area contributed by atoms with Crippen LogP contribution in [0.3, 0.4) is 0 Å². The number of rotatable bonds is 7. The molecule has 1 aromatic heterocycles. The highest BCUT2D eigenvalue weighted by atomic mass is 16.5. The molecule has 2 N–H and O–H groups in total. The van der Waals surface area contributed by atoms with Gasteiger partial charge in [-0.3, -0.25) is 0 Å². The fourth-order valence-corrected chi connectivity index (χ4v) is 2.56. The standard InChI is InChI=1S/C19H25N3O3/c1-13-11-14(2)22-18(25-4)17(13)12-21-19(23)20-10-9-15-5-7-16(24-3)8-6-15/h5-8,11H,9-10,12H2,1-4H3,(H2,20,21,23). The third-order valence-electron chi connectivity index (χ3n) is 3.91. The lowest BCUT2D eigenvalue weighted by Gasteiger charge is -2.13. The van der Waals surface area contributed by atoms with Gasteiger partial charge < -0.3 is 20.1 Å². The zero-order valence-electron chi connectivity index (χ0n) is 15.2. The maximum absolute atomic E-state index is 12.0. The van der Waals surface area contributed by atoms with Crippen LogP contribution in [0.1, 0.15) is 22.4 Å². The molecule has 0 atom stereocenters. The molecule has 1 heterocycles. The highest BCUT2D eigenvalue weighted by molar-refractivity contribution is 5.73. The van der Waals surface area contributed by atoms with E-state index >= 15 is 0 Å². The number of nitrogens with one attached hydrogen (secondary N) is 2. The van der Waals surface area contributed by atoms with Crippen molar-refractivity contribution in [1.82, 2.24) is 15.6 Å². The van der Waals surface area contributed by atoms with Gasteiger partial charge in [0.2, 0.25) is 5.88 Å². The van der Waals surface area contributed by atoms with Crippen LogP contribution in [0.15, 0.2) is 30.3 Å². The number of aryl methyl sites for hydroxylation is 2. The summed E-state index contributed by atoms with van der Waals surface area (Å²) in [6, 6.07) is 9.57. The molecule has 2 aromatic rings. The Hall–Kier alpha value is -2.76. The molecule has 2 amide bonds. The summed E-state index contributed by atoms with van der Waals surface area (Å²) in [5, 5.41) is 5.70. The van der Waals surface area contributed by atoms with Crippen molar-refractivity contribution in [1.29, 1.82) is 0 Å². The predicted molar refractivity (Wildman–Crippen MR) is 97.2 cm³/mol. The van der Waals surface area contributed by atoms with Crippen LogP contribution in [-0.2, 0) is 13.0 Å². The maximum Gasteiger partial charge on any atom is 0.315 e. The van der Waals surface area contributed by atoms with Gasteiger partial charge in [0.1, 0.15) is 5.75 Å². The molecule has 0 aliphatic carbocycles. The van der Waals surface area contributed by atoms with E-state index in [1.54, 1.807) is 14.2 Å². The number of carbonyl (C=O) groups is 1. The number of hydrogen-bond acceptors (Lipinski definition) is 4. The zero-order chi connectivity index (χ0) is 18.2. The fraction of sp³-hybridized carbons (Fsp3) is 0.368. The van der Waals surface area contributed by atoms with Crippen LogP contribution in [0.2, 0.25) is 0 Å². The third-order valence-corrected chi connectivity index (χ3v) is 3.91. The molecule has 0 saturated carbocycles. The largest absolute Gasteiger partial charge is 0.497 e. The molecule has 0 radical (unpaired) electrons. The van der Waals surface area contributed by atoms with E-state index < -0.39 is 0 Å². The molecule has 0 fully saturated rings. The second-order valence-corrected chi connectivity index (χ2v) is 5.78. The number of pyridine rings is 1. The van der Waals surface area contributed by atoms with E-state index in [-0.39, 0.29) is 6.03 Å². The second-order valence-electron chi connectivity index (χ2n) is 5.78. The lowest BCUT2D eigenvalue weighted by atomic mass is 10.1. The number of benzene rings is 1. The smallest absolute Gasteiger partial charge is 0.315 e. The summed E-state index contributed by atoms with van der Waals surface area (Å²) in [4.78, 5) is 16.3. The molecule has 0 saturated heterocycles. The molecule has 6 heteroatoms. The fourth-order valence-electron chi connectivity index (χ4n) is 2.56. The van der Waals surface area contributed by atoms with Crippen molar-refractivity contribution in [3.05, 3.63) is 52.7 Å². The van der Waals surface area contributed by atoms with Crippen molar-refractivity contribution in [3.63, 3.8) is 0 Å². The number of amides is 2. The first-order valence-corrected chi connectivity index (χ1v) is 8.19. The number of methoxy groups -OCH3 is 2. The van der Waals surface area contributed by atoms with Gasteiger partial charge >= 0.3 is 6.03 Å². The van der Waals surface area contributed by atoms with Gasteiger partial charge in [0.15, 0.2) is 0 Å². The molecule has 0 spiro atoms. The van der Waals surface area contributed by atoms with Crippen LogP contribution in [0, 0.1) is 13.8 Å². The highest BCUT2D eigenvalue weighted by Crippen LogP contribution is 2.20. The molecular formula is C19H25N3O3. The Morgan fingerprint density at radius 2 is 1.80 bits per heavy atom. The number of carbonyl (C=O) groups excluding carboxylic acids is 1. The number of nitrogens with zero attached hydrogens (tertiary/aromatic N) is 1. The summed E-state index contributed by atoms with van der Waals surface area (Å²) in [5.74, 6) is 1.38. The molecule has 0 unspecified atom stereocenters. The number of aromatic nitrogens is 1. The first-order valence-electron chi connectivity index (χ1n) is 8.19. The summed E-state index contributed by atoms with van der Waals surface area (Å²) in [7, 11) is 3.22. The van der Waals surface area contributed by atoms with Gasteiger partial charge in [0, 0.05) is 17.8 Å². The zero-order valence-corrected chi connectivity index (χ0v) is 15.2. The Morgan fingerprint density at radius 1 is 1.08 bits per heavy atom. The first kappa shape index (κ1) is 18.6. The predicted octanol–water partition coefficient (Wildman–Crippen LogP) is 2.76. The summed E-state index contributed by atoms with van der Waals surface area (Å²) in [5.41, 5.74) is 3.96. The van der Waals surface area contributed by atoms with Crippen molar-refractivity contribution in [2.45, 2.75) is 26.8 Å². The van der Waals surface area contributed by atoms with Gasteiger partial charge in [-0.25, -0.2) is 9.78 Å². The Labute approximate surface area is 148 Å². The topological polar surface area (TPSA) is 72.5 Å². The lowest BCUT2D eigenvalue weighted by molar-refractivity contribution is 0.240. The normalized spacial score (nSPS) is 10.2. The molecule has 0 bridgehead atoms. The summed E-state index contributed by atoms with van der Waals surface area (Å²) in [6.45, 7) is 4.82. The molecular weight excluding hydrogens is 318 g/mol. The van der Waals surface area contributed by atoms with E-state index in [0.29, 0.717) is 19.0 Å². The summed E-state index contributed by atoms with van der Waals surface area (Å²) >= 11 is 0. The maximum atomic E-state index is 12.0. The van der Waals surface area contributed by atoms with Crippen LogP contribution in [0.25, 0.3) is 0 Å². The molecule has 25 heavy (non-hydrogen) atoms. The molecule has 2 rings (SSSR count). The Bertz CT molecular complexity index is 715. The molecule has 1 aromatic carbocycles. The number of ether oxygens (including phenoxy) is 2. The minimum Gasteiger partial charge on any atom is -0.497 e. The van der Waals surface area contributed by atoms with Gasteiger partial charge in [-0.2, -0.15) is 0 Å². The van der Waals surface area contributed by atoms with Gasteiger partial charge in [0.25, 0.3) is 0 Å². The first-order chi connectivity index (χ1) is 12.0. The Kier molecular flexibility index (Phi) is 6.62. The Morgan fingerprint density at radius 3 is 2.44 bits per heavy atom. The van der Waals surface area contributed by atoms with Gasteiger partial charge in [-0.1, -0.05) is 12.1 Å². The molecule has 6 nitrogen and oxygen atoms in total. The summed E-state index contributed by atoms with van der Waals surface area (Å²) in [6.07, 6.45) is 0.756. The van der Waals surface area contributed by atoms with E-state index in [4.69, 9.17) is 9.47 Å². The van der Waals surface area contributed by atoms with E-state index in [9.17, 15) is 4.79 Å². The number of urea groups is 1. The van der Waals surface area contributed by atoms with Crippen molar-refractivity contribution in [3.8, 4) is 11.6 Å². The van der Waals surface area contributed by atoms with Crippen LogP contribution >= 0.6 is 0 Å². The van der Waals surface area contributed by atoms with Crippen LogP contribution in [0.4, 0.5) is 4.79 Å². The van der Waals surface area contributed by atoms with Crippen molar-refractivity contribution in [2.24, 2.45) is 0 Å². The van der Waals surface area contributed by atoms with Gasteiger partial charge in [-0.05, 0) is 49.6 Å². The minimum absolute atomic E-state index is 0.212. The van der Waals surface area contributed by atoms with E-state index in [2.05, 4.69) is 15.6 Å². The average molecular weight is 343 g/mol. The molecule has 134 valence electrons. The second kappa shape index (κ2) is 8.92. The van der Waals surface area contributed by atoms with Crippen molar-refractivity contribution < 1.29 is 14.3 Å². The highest BCUT2D eigenvalue weighted by Gasteiger charge is 2.10. The SMILES string of the molecule is COc1ccc(CCNC(=O)NCc2c(C)cc(C)nc2OC)cc1. The van der Waals surface area contributed by atoms with E-state index in [1.165, 1.54) is 0 Å². The van der Waals surface area contributed by atoms with E-state index in [0.717, 1.165) is 34.6 Å². The summed E-state index contributed by atoms with van der Waals surface area (Å²) < 4.78 is 10.4. The minimum atomic E-state index is -0.212. The van der Waals surface area contributed by atoms with Crippen LogP contribution in [0.5, 0.6) is 11.6 Å². The van der Waals surface area contributed by atoms with E-state index in [1.807, 2.05) is 44.2 Å². The van der Waals surface area contributed by atoms with Crippen LogP contribution < -0.4 is 20.1 Å². The van der Waals surface area contributed by atoms with Crippen molar-refractivity contribution in [2.75, 3.05) is 20.8 Å². The van der Waals surface area contributed by atoms with Gasteiger partial charge in [0.05, 0.1) is 20.8 Å². The molecule has 0 aliphatic heterocycles. The van der Waals surface area contributed by atoms with Crippen molar-refractivity contribution >= 4 is 6.03 Å². The average Bonchev–Trinajstić information content (AvgIpc) is 2.61.